The lowest BCUT2D eigenvalue weighted by Crippen LogP contribution is -2.30. The van der Waals surface area contributed by atoms with Crippen LogP contribution in [0.25, 0.3) is 6.08 Å². The van der Waals surface area contributed by atoms with Crippen molar-refractivity contribution in [2.24, 2.45) is 0 Å². The van der Waals surface area contributed by atoms with Gasteiger partial charge in [0.25, 0.3) is 5.56 Å². The number of aromatic amines is 1. The van der Waals surface area contributed by atoms with Gasteiger partial charge in [0.05, 0.1) is 12.6 Å². The molecule has 7 heteroatoms. The Morgan fingerprint density at radius 1 is 1.07 bits per heavy atom. The van der Waals surface area contributed by atoms with Crippen LogP contribution in [-0.4, -0.2) is 16.2 Å². The Balaban J connectivity index is 1.78. The zero-order valence-electron chi connectivity index (χ0n) is 16.7. The molecular weight excluding hydrogens is 382 g/mol. The van der Waals surface area contributed by atoms with Gasteiger partial charge in [0, 0.05) is 18.3 Å². The van der Waals surface area contributed by atoms with Crippen LogP contribution in [0.2, 0.25) is 0 Å². The van der Waals surface area contributed by atoms with E-state index in [9.17, 15) is 9.59 Å². The van der Waals surface area contributed by atoms with Gasteiger partial charge in [-0.05, 0) is 60.9 Å². The molecule has 0 saturated carbocycles. The number of nitriles is 1. The van der Waals surface area contributed by atoms with Gasteiger partial charge in [-0.1, -0.05) is 12.1 Å². The van der Waals surface area contributed by atoms with E-state index in [1.54, 1.807) is 6.08 Å². The van der Waals surface area contributed by atoms with Crippen LogP contribution in [0.3, 0.4) is 0 Å². The number of aromatic nitrogens is 2. The molecule has 1 aromatic heterocycles. The van der Waals surface area contributed by atoms with E-state index in [0.717, 1.165) is 16.7 Å². The molecule has 1 heterocycles. The second-order valence-electron chi connectivity index (χ2n) is 6.75. The van der Waals surface area contributed by atoms with Gasteiger partial charge in [-0.25, -0.2) is 4.79 Å². The molecule has 2 aromatic carbocycles. The second kappa shape index (κ2) is 9.43. The minimum Gasteiger partial charge on any atom is -0.488 e. The molecule has 0 atom stereocenters. The van der Waals surface area contributed by atoms with Gasteiger partial charge in [-0.15, -0.1) is 0 Å². The Morgan fingerprint density at radius 2 is 1.90 bits per heavy atom. The summed E-state index contributed by atoms with van der Waals surface area (Å²) in [4.78, 5) is 25.2. The Labute approximate surface area is 173 Å². The number of rotatable bonds is 7. The first-order valence-electron chi connectivity index (χ1n) is 9.33. The summed E-state index contributed by atoms with van der Waals surface area (Å²) < 4.78 is 13.3. The van der Waals surface area contributed by atoms with Crippen LogP contribution < -0.4 is 20.7 Å². The van der Waals surface area contributed by atoms with Crippen LogP contribution in [0.15, 0.2) is 64.3 Å². The predicted molar refractivity (Wildman–Crippen MR) is 114 cm³/mol. The highest BCUT2D eigenvalue weighted by Crippen LogP contribution is 2.33. The summed E-state index contributed by atoms with van der Waals surface area (Å²) in [6.45, 7) is 4.39. The zero-order chi connectivity index (χ0) is 21.5. The van der Waals surface area contributed by atoms with Crippen molar-refractivity contribution in [1.29, 1.82) is 5.26 Å². The summed E-state index contributed by atoms with van der Waals surface area (Å²) in [7, 11) is 0. The fraction of sp³-hybridized carbons (Fsp3) is 0.174. The summed E-state index contributed by atoms with van der Waals surface area (Å²) in [5.74, 6) is 1.71. The first-order valence-corrected chi connectivity index (χ1v) is 9.33. The summed E-state index contributed by atoms with van der Waals surface area (Å²) in [6, 6.07) is 14.6. The predicted octanol–water partition coefficient (Wildman–Crippen LogP) is 3.56. The molecule has 0 saturated heterocycles. The summed E-state index contributed by atoms with van der Waals surface area (Å²) in [6.07, 6.45) is 4.56. The number of nitrogens with one attached hydrogen (secondary N) is 1. The third kappa shape index (κ3) is 5.49. The molecule has 0 radical (unpaired) electrons. The van der Waals surface area contributed by atoms with E-state index in [-0.39, 0.29) is 13.2 Å². The molecule has 0 aliphatic carbocycles. The number of hydrogen-bond acceptors (Lipinski definition) is 5. The highest BCUT2D eigenvalue weighted by Gasteiger charge is 2.09. The maximum atomic E-state index is 11.8. The molecule has 3 aromatic rings. The quantitative estimate of drug-likeness (QED) is 0.609. The fourth-order valence-electron chi connectivity index (χ4n) is 2.88. The molecule has 1 N–H and O–H groups in total. The Kier molecular flexibility index (Phi) is 6.50. The van der Waals surface area contributed by atoms with Gasteiger partial charge in [0.15, 0.2) is 11.5 Å². The molecule has 0 spiro atoms. The number of nitrogens with zero attached hydrogens (tertiary/aromatic N) is 2. The average Bonchev–Trinajstić information content (AvgIpc) is 2.69. The standard InChI is InChI=1S/C23H21N3O4/c1-16-5-6-20(30-19-13-17(2)12-18(15-19)4-3-8-24)21(14-16)29-11-10-26-9-7-22(27)25-23(26)28/h3-7,9,12-15H,10-11H2,1-2H3,(H,25,27,28)/b4-3+. The normalized spacial score (nSPS) is 10.7. The number of benzene rings is 2. The van der Waals surface area contributed by atoms with E-state index in [1.165, 1.54) is 22.9 Å². The maximum Gasteiger partial charge on any atom is 0.328 e. The van der Waals surface area contributed by atoms with Crippen molar-refractivity contribution in [3.8, 4) is 23.3 Å². The number of aryl methyl sites for hydroxylation is 2. The summed E-state index contributed by atoms with van der Waals surface area (Å²) in [5, 5.41) is 8.74. The molecule has 7 nitrogen and oxygen atoms in total. The van der Waals surface area contributed by atoms with Crippen molar-refractivity contribution < 1.29 is 9.47 Å². The van der Waals surface area contributed by atoms with E-state index >= 15 is 0 Å². The van der Waals surface area contributed by atoms with E-state index in [0.29, 0.717) is 17.2 Å². The molecule has 0 fully saturated rings. The van der Waals surface area contributed by atoms with E-state index < -0.39 is 11.2 Å². The number of hydrogen-bond donors (Lipinski definition) is 1. The molecule has 0 unspecified atom stereocenters. The van der Waals surface area contributed by atoms with Gasteiger partial charge in [-0.3, -0.25) is 14.3 Å². The Hall–Kier alpha value is -4.05. The van der Waals surface area contributed by atoms with Gasteiger partial charge >= 0.3 is 5.69 Å². The fourth-order valence-corrected chi connectivity index (χ4v) is 2.88. The summed E-state index contributed by atoms with van der Waals surface area (Å²) >= 11 is 0. The molecule has 30 heavy (non-hydrogen) atoms. The molecule has 152 valence electrons. The first-order chi connectivity index (χ1) is 14.4. The maximum absolute atomic E-state index is 11.8. The largest absolute Gasteiger partial charge is 0.488 e. The highest BCUT2D eigenvalue weighted by atomic mass is 16.5. The van der Waals surface area contributed by atoms with Gasteiger partial charge in [-0.2, -0.15) is 5.26 Å². The number of ether oxygens (including phenoxy) is 2. The number of H-pyrrole nitrogens is 1. The minimum atomic E-state index is -0.482. The topological polar surface area (TPSA) is 97.1 Å². The lowest BCUT2D eigenvalue weighted by Gasteiger charge is -2.14. The van der Waals surface area contributed by atoms with Gasteiger partial charge in [0.1, 0.15) is 12.4 Å². The van der Waals surface area contributed by atoms with Crippen LogP contribution in [0.5, 0.6) is 17.2 Å². The van der Waals surface area contributed by atoms with Crippen LogP contribution >= 0.6 is 0 Å². The Morgan fingerprint density at radius 3 is 2.67 bits per heavy atom. The van der Waals surface area contributed by atoms with Crippen molar-refractivity contribution in [2.45, 2.75) is 20.4 Å². The zero-order valence-corrected chi connectivity index (χ0v) is 16.7. The average molecular weight is 403 g/mol. The van der Waals surface area contributed by atoms with Crippen LogP contribution in [-0.2, 0) is 6.54 Å². The smallest absolute Gasteiger partial charge is 0.328 e. The monoisotopic (exact) mass is 403 g/mol. The SMILES string of the molecule is Cc1cc(/C=C/C#N)cc(Oc2ccc(C)cc2OCCn2ccc(=O)[nH]c2=O)c1. The van der Waals surface area contributed by atoms with Crippen LogP contribution in [0.1, 0.15) is 16.7 Å². The van der Waals surface area contributed by atoms with Crippen molar-refractivity contribution in [2.75, 3.05) is 6.61 Å². The second-order valence-corrected chi connectivity index (χ2v) is 6.75. The number of allylic oxidation sites excluding steroid dienone is 1. The van der Waals surface area contributed by atoms with Crippen molar-refractivity contribution in [3.63, 3.8) is 0 Å². The molecule has 0 aliphatic heterocycles. The van der Waals surface area contributed by atoms with E-state index in [1.807, 2.05) is 56.3 Å². The van der Waals surface area contributed by atoms with E-state index in [4.69, 9.17) is 14.7 Å². The third-order valence-electron chi connectivity index (χ3n) is 4.24. The molecule has 3 rings (SSSR count). The van der Waals surface area contributed by atoms with E-state index in [2.05, 4.69) is 4.98 Å². The molecule has 0 bridgehead atoms. The highest BCUT2D eigenvalue weighted by molar-refractivity contribution is 5.56. The third-order valence-corrected chi connectivity index (χ3v) is 4.24. The van der Waals surface area contributed by atoms with Gasteiger partial charge < -0.3 is 9.47 Å². The Bertz CT molecular complexity index is 1230. The minimum absolute atomic E-state index is 0.218. The van der Waals surface area contributed by atoms with Crippen molar-refractivity contribution >= 4 is 6.08 Å². The van der Waals surface area contributed by atoms with Crippen LogP contribution in [0.4, 0.5) is 0 Å². The first kappa shape index (κ1) is 20.7. The van der Waals surface area contributed by atoms with Crippen molar-refractivity contribution in [1.82, 2.24) is 9.55 Å². The van der Waals surface area contributed by atoms with Crippen molar-refractivity contribution in [3.05, 3.63) is 92.3 Å². The lowest BCUT2D eigenvalue weighted by molar-refractivity contribution is 0.283. The van der Waals surface area contributed by atoms with Crippen LogP contribution in [0, 0.1) is 25.2 Å². The molecule has 0 aliphatic rings. The summed E-state index contributed by atoms with van der Waals surface area (Å²) in [5.41, 5.74) is 1.94. The molecular formula is C23H21N3O4. The van der Waals surface area contributed by atoms with Gasteiger partial charge in [0.2, 0.25) is 0 Å². The molecule has 0 amide bonds. The lowest BCUT2D eigenvalue weighted by atomic mass is 10.1.